The lowest BCUT2D eigenvalue weighted by molar-refractivity contribution is 0.607. The van der Waals surface area contributed by atoms with Crippen LogP contribution in [0.4, 0.5) is 5.69 Å². The Labute approximate surface area is 231 Å². The van der Waals surface area contributed by atoms with Gasteiger partial charge < -0.3 is 0 Å². The highest BCUT2D eigenvalue weighted by Crippen LogP contribution is 2.51. The summed E-state index contributed by atoms with van der Waals surface area (Å²) in [5, 5.41) is 0. The average Bonchev–Trinajstić information content (AvgIpc) is 2.96. The van der Waals surface area contributed by atoms with Gasteiger partial charge in [0.15, 0.2) is 0 Å². The van der Waals surface area contributed by atoms with E-state index >= 15 is 0 Å². The zero-order chi connectivity index (χ0) is 26.8. The second-order valence-corrected chi connectivity index (χ2v) is 12.0. The largest absolute Gasteiger partial charge is 0.284 e. The van der Waals surface area contributed by atoms with Crippen molar-refractivity contribution in [1.82, 2.24) is 0 Å². The Bertz CT molecular complexity index is 1730. The van der Waals surface area contributed by atoms with Crippen LogP contribution in [0.2, 0.25) is 0 Å². The van der Waals surface area contributed by atoms with Crippen LogP contribution in [0.1, 0.15) is 24.0 Å². The fourth-order valence-electron chi connectivity index (χ4n) is 5.99. The zero-order valence-electron chi connectivity index (χ0n) is 22.0. The van der Waals surface area contributed by atoms with Gasteiger partial charge in [0.2, 0.25) is 10.0 Å². The molecular formula is C35H31NO2S. The van der Waals surface area contributed by atoms with E-state index in [-0.39, 0.29) is 0 Å². The summed E-state index contributed by atoms with van der Waals surface area (Å²) < 4.78 is 27.0. The molecule has 3 nitrogen and oxygen atoms in total. The predicted octanol–water partition coefficient (Wildman–Crippen LogP) is 8.60. The van der Waals surface area contributed by atoms with E-state index in [1.165, 1.54) is 51.6 Å². The number of rotatable bonds is 6. The van der Waals surface area contributed by atoms with Crippen molar-refractivity contribution in [2.75, 3.05) is 11.0 Å². The van der Waals surface area contributed by atoms with E-state index < -0.39 is 10.0 Å². The first-order valence-corrected chi connectivity index (χ1v) is 15.3. The normalized spacial score (nSPS) is 13.1. The number of hydrogen-bond acceptors (Lipinski definition) is 2. The summed E-state index contributed by atoms with van der Waals surface area (Å²) >= 11 is 0. The van der Waals surface area contributed by atoms with E-state index in [9.17, 15) is 8.42 Å². The number of benzene rings is 5. The molecule has 5 aromatic rings. The molecule has 0 saturated heterocycles. The monoisotopic (exact) mass is 529 g/mol. The molecule has 0 fully saturated rings. The van der Waals surface area contributed by atoms with Crippen molar-refractivity contribution in [2.24, 2.45) is 0 Å². The zero-order valence-corrected chi connectivity index (χ0v) is 22.8. The third-order valence-corrected chi connectivity index (χ3v) is 8.07. The van der Waals surface area contributed by atoms with Crippen LogP contribution in [0.15, 0.2) is 115 Å². The number of hydrogen-bond donors (Lipinski definition) is 1. The van der Waals surface area contributed by atoms with Gasteiger partial charge in [0, 0.05) is 5.69 Å². The van der Waals surface area contributed by atoms with Crippen molar-refractivity contribution in [3.05, 3.63) is 126 Å². The molecule has 39 heavy (non-hydrogen) atoms. The van der Waals surface area contributed by atoms with Gasteiger partial charge in [-0.15, -0.1) is 0 Å². The molecule has 0 aliphatic heterocycles. The minimum absolute atomic E-state index is 0.562. The minimum Gasteiger partial charge on any atom is -0.284 e. The Hall–Kier alpha value is -4.15. The van der Waals surface area contributed by atoms with E-state index in [2.05, 4.69) is 102 Å². The molecule has 0 radical (unpaired) electrons. The van der Waals surface area contributed by atoms with E-state index in [4.69, 9.17) is 0 Å². The van der Waals surface area contributed by atoms with Crippen LogP contribution in [0, 0.1) is 0 Å². The van der Waals surface area contributed by atoms with Crippen LogP contribution in [0.25, 0.3) is 44.5 Å². The molecule has 0 aromatic heterocycles. The first-order chi connectivity index (χ1) is 19.0. The molecule has 0 spiro atoms. The number of anilines is 1. The van der Waals surface area contributed by atoms with Crippen LogP contribution in [-0.2, 0) is 22.9 Å². The van der Waals surface area contributed by atoms with E-state index in [0.717, 1.165) is 36.0 Å². The second-order valence-electron chi connectivity index (χ2n) is 10.2. The summed E-state index contributed by atoms with van der Waals surface area (Å²) in [6.45, 7) is 0. The number of fused-ring (bicyclic) bond motifs is 1. The van der Waals surface area contributed by atoms with Gasteiger partial charge in [-0.1, -0.05) is 103 Å². The predicted molar refractivity (Wildman–Crippen MR) is 163 cm³/mol. The van der Waals surface area contributed by atoms with E-state index in [1.54, 1.807) is 0 Å². The molecule has 0 bridgehead atoms. The molecule has 1 N–H and O–H groups in total. The second kappa shape index (κ2) is 10.5. The van der Waals surface area contributed by atoms with Gasteiger partial charge in [0.05, 0.1) is 6.26 Å². The Morgan fingerprint density at radius 3 is 1.38 bits per heavy atom. The molecule has 0 heterocycles. The maximum absolute atomic E-state index is 12.1. The van der Waals surface area contributed by atoms with Crippen LogP contribution in [-0.4, -0.2) is 14.7 Å². The Balaban J connectivity index is 1.80. The van der Waals surface area contributed by atoms with Crippen LogP contribution >= 0.6 is 0 Å². The van der Waals surface area contributed by atoms with Crippen LogP contribution in [0.3, 0.4) is 0 Å². The standard InChI is InChI=1S/C35H31NO2S/c1-39(37,38)36-29-21-13-20-28(24-29)35-33(26-16-7-3-8-17-26)31-23-12-11-22-30(31)32(25-14-5-2-6-15-25)34(35)27-18-9-4-10-19-27/h2-10,13-21,24,36H,11-12,22-23H2,1H3. The fraction of sp³-hybridized carbons (Fsp3) is 0.143. The number of sulfonamides is 1. The van der Waals surface area contributed by atoms with Crippen molar-refractivity contribution in [3.8, 4) is 44.5 Å². The topological polar surface area (TPSA) is 46.2 Å². The fourth-order valence-corrected chi connectivity index (χ4v) is 6.55. The molecule has 0 unspecified atom stereocenters. The summed E-state index contributed by atoms with van der Waals surface area (Å²) in [5.74, 6) is 0. The summed E-state index contributed by atoms with van der Waals surface area (Å²) in [7, 11) is -3.42. The maximum atomic E-state index is 12.1. The summed E-state index contributed by atoms with van der Waals surface area (Å²) in [4.78, 5) is 0. The molecular weight excluding hydrogens is 498 g/mol. The van der Waals surface area contributed by atoms with E-state index in [0.29, 0.717) is 5.69 Å². The Morgan fingerprint density at radius 2 is 0.923 bits per heavy atom. The lowest BCUT2D eigenvalue weighted by Crippen LogP contribution is -2.11. The quantitative estimate of drug-likeness (QED) is 0.239. The van der Waals surface area contributed by atoms with Crippen LogP contribution in [0.5, 0.6) is 0 Å². The third kappa shape index (κ3) is 5.13. The van der Waals surface area contributed by atoms with Crippen molar-refractivity contribution in [1.29, 1.82) is 0 Å². The van der Waals surface area contributed by atoms with Crippen molar-refractivity contribution in [3.63, 3.8) is 0 Å². The van der Waals surface area contributed by atoms with Gasteiger partial charge in [-0.05, 0) is 93.5 Å². The van der Waals surface area contributed by atoms with Crippen molar-refractivity contribution in [2.45, 2.75) is 25.7 Å². The Morgan fingerprint density at radius 1 is 0.513 bits per heavy atom. The first-order valence-electron chi connectivity index (χ1n) is 13.5. The molecule has 0 amide bonds. The van der Waals surface area contributed by atoms with Crippen LogP contribution < -0.4 is 4.72 Å². The maximum Gasteiger partial charge on any atom is 0.229 e. The lowest BCUT2D eigenvalue weighted by Gasteiger charge is -2.30. The average molecular weight is 530 g/mol. The molecule has 194 valence electrons. The van der Waals surface area contributed by atoms with Gasteiger partial charge in [-0.2, -0.15) is 0 Å². The van der Waals surface area contributed by atoms with Gasteiger partial charge >= 0.3 is 0 Å². The summed E-state index contributed by atoms with van der Waals surface area (Å²) in [6.07, 6.45) is 5.57. The lowest BCUT2D eigenvalue weighted by atomic mass is 9.73. The first kappa shape index (κ1) is 25.1. The Kier molecular flexibility index (Phi) is 6.80. The molecule has 0 saturated carbocycles. The third-order valence-electron chi connectivity index (χ3n) is 7.46. The highest BCUT2D eigenvalue weighted by Gasteiger charge is 2.28. The van der Waals surface area contributed by atoms with E-state index in [1.807, 2.05) is 18.2 Å². The molecule has 0 atom stereocenters. The SMILES string of the molecule is CS(=O)(=O)Nc1cccc(-c2c(-c3ccccc3)c3c(c(-c4ccccc4)c2-c2ccccc2)CCCC3)c1. The minimum atomic E-state index is -3.42. The molecule has 4 heteroatoms. The highest BCUT2D eigenvalue weighted by molar-refractivity contribution is 7.92. The molecule has 5 aromatic carbocycles. The molecule has 1 aliphatic rings. The molecule has 6 rings (SSSR count). The number of nitrogens with one attached hydrogen (secondary N) is 1. The highest BCUT2D eigenvalue weighted by atomic mass is 32.2. The summed E-state index contributed by atoms with van der Waals surface area (Å²) in [6, 6.07) is 39.8. The molecule has 1 aliphatic carbocycles. The van der Waals surface area contributed by atoms with Crippen molar-refractivity contribution >= 4 is 15.7 Å². The van der Waals surface area contributed by atoms with Gasteiger partial charge in [0.1, 0.15) is 0 Å². The van der Waals surface area contributed by atoms with Crippen molar-refractivity contribution < 1.29 is 8.42 Å². The van der Waals surface area contributed by atoms with Gasteiger partial charge in [0.25, 0.3) is 0 Å². The smallest absolute Gasteiger partial charge is 0.229 e. The summed E-state index contributed by atoms with van der Waals surface area (Å²) in [5.41, 5.74) is 12.8. The van der Waals surface area contributed by atoms with Gasteiger partial charge in [-0.3, -0.25) is 4.72 Å². The van der Waals surface area contributed by atoms with Gasteiger partial charge in [-0.25, -0.2) is 8.42 Å².